The number of nitrogens with zero attached hydrogens (tertiary/aromatic N) is 3. The summed E-state index contributed by atoms with van der Waals surface area (Å²) in [6.07, 6.45) is 3.69. The van der Waals surface area contributed by atoms with Gasteiger partial charge in [-0.1, -0.05) is 18.2 Å². The molecule has 1 aliphatic heterocycles. The van der Waals surface area contributed by atoms with Crippen LogP contribution >= 0.6 is 11.3 Å². The zero-order valence-corrected chi connectivity index (χ0v) is 16.2. The Morgan fingerprint density at radius 2 is 2.14 bits per heavy atom. The van der Waals surface area contributed by atoms with E-state index in [1.165, 1.54) is 17.4 Å². The summed E-state index contributed by atoms with van der Waals surface area (Å²) in [5.41, 5.74) is 2.11. The number of hydrogen-bond donors (Lipinski definition) is 1. The summed E-state index contributed by atoms with van der Waals surface area (Å²) in [4.78, 5) is 23.2. The van der Waals surface area contributed by atoms with Crippen LogP contribution in [0, 0.1) is 5.82 Å². The van der Waals surface area contributed by atoms with Gasteiger partial charge in [0, 0.05) is 35.3 Å². The number of carbonyl (C=O) groups excluding carboxylic acids is 1. The monoisotopic (exact) mass is 396 g/mol. The second kappa shape index (κ2) is 8.58. The summed E-state index contributed by atoms with van der Waals surface area (Å²) in [6, 6.07) is 12.5. The number of anilines is 1. The number of likely N-dealkylation sites (tertiary alicyclic amines) is 1. The first-order chi connectivity index (χ1) is 13.7. The zero-order chi connectivity index (χ0) is 19.3. The van der Waals surface area contributed by atoms with E-state index < -0.39 is 0 Å². The quantitative estimate of drug-likeness (QED) is 0.703. The van der Waals surface area contributed by atoms with Gasteiger partial charge in [0.2, 0.25) is 5.91 Å². The average molecular weight is 396 g/mol. The van der Waals surface area contributed by atoms with E-state index in [0.29, 0.717) is 22.9 Å². The second-order valence-corrected chi connectivity index (χ2v) is 7.78. The topological polar surface area (TPSA) is 58.1 Å². The molecule has 0 bridgehead atoms. The highest BCUT2D eigenvalue weighted by atomic mass is 32.1. The highest BCUT2D eigenvalue weighted by molar-refractivity contribution is 7.13. The summed E-state index contributed by atoms with van der Waals surface area (Å²) in [7, 11) is 0. The van der Waals surface area contributed by atoms with Gasteiger partial charge in [-0.2, -0.15) is 0 Å². The largest absolute Gasteiger partial charge is 0.301 e. The Labute approximate surface area is 167 Å². The number of halogens is 1. The molecule has 3 aromatic rings. The van der Waals surface area contributed by atoms with Crippen LogP contribution < -0.4 is 5.32 Å². The van der Waals surface area contributed by atoms with Gasteiger partial charge in [-0.3, -0.25) is 14.7 Å². The molecular formula is C21H21FN4OS. The van der Waals surface area contributed by atoms with Crippen molar-refractivity contribution in [2.24, 2.45) is 0 Å². The van der Waals surface area contributed by atoms with Crippen molar-refractivity contribution >= 4 is 22.4 Å². The van der Waals surface area contributed by atoms with Crippen LogP contribution in [0.4, 0.5) is 9.52 Å². The van der Waals surface area contributed by atoms with Gasteiger partial charge in [0.05, 0.1) is 12.2 Å². The normalized spacial score (nSPS) is 17.4. The average Bonchev–Trinajstić information content (AvgIpc) is 3.21. The maximum atomic E-state index is 14.1. The Hall–Kier alpha value is -2.64. The summed E-state index contributed by atoms with van der Waals surface area (Å²) in [6.45, 7) is 1.98. The Morgan fingerprint density at radius 3 is 2.96 bits per heavy atom. The van der Waals surface area contributed by atoms with Crippen molar-refractivity contribution in [1.82, 2.24) is 14.9 Å². The van der Waals surface area contributed by atoms with Crippen molar-refractivity contribution < 1.29 is 9.18 Å². The van der Waals surface area contributed by atoms with Crippen LogP contribution in [-0.4, -0.2) is 40.4 Å². The Morgan fingerprint density at radius 1 is 1.25 bits per heavy atom. The summed E-state index contributed by atoms with van der Waals surface area (Å²) < 4.78 is 14.1. The lowest BCUT2D eigenvalue weighted by Gasteiger charge is -2.32. The number of carbonyl (C=O) groups is 1. The summed E-state index contributed by atoms with van der Waals surface area (Å²) in [5, 5.41) is 5.29. The first kappa shape index (κ1) is 18.7. The Balaban J connectivity index is 1.44. The van der Waals surface area contributed by atoms with Gasteiger partial charge in [-0.05, 0) is 43.7 Å². The van der Waals surface area contributed by atoms with Gasteiger partial charge in [0.15, 0.2) is 5.13 Å². The maximum Gasteiger partial charge on any atom is 0.240 e. The van der Waals surface area contributed by atoms with Gasteiger partial charge in [-0.15, -0.1) is 11.3 Å². The van der Waals surface area contributed by atoms with Gasteiger partial charge in [0.25, 0.3) is 0 Å². The van der Waals surface area contributed by atoms with E-state index in [4.69, 9.17) is 4.98 Å². The molecule has 7 heteroatoms. The highest BCUT2D eigenvalue weighted by Gasteiger charge is 2.24. The molecule has 1 amide bonds. The lowest BCUT2D eigenvalue weighted by molar-refractivity contribution is -0.117. The molecular weight excluding hydrogens is 375 g/mol. The molecule has 0 radical (unpaired) electrons. The standard InChI is InChI=1S/C21H21FN4OS/c22-17-7-2-1-6-16(17)19-9-3-8-18(24-19)15-5-4-11-26(13-15)14-20(27)25-21-23-10-12-28-21/h1-3,6-10,12,15H,4-5,11,13-14H2,(H,23,25,27)/t15-/m0/s1. The van der Waals surface area contributed by atoms with Crippen molar-refractivity contribution in [2.75, 3.05) is 25.0 Å². The van der Waals surface area contributed by atoms with Gasteiger partial charge >= 0.3 is 0 Å². The zero-order valence-electron chi connectivity index (χ0n) is 15.3. The predicted octanol–water partition coefficient (Wildman–Crippen LogP) is 4.16. The molecule has 1 N–H and O–H groups in total. The van der Waals surface area contributed by atoms with Crippen LogP contribution in [0.15, 0.2) is 54.0 Å². The number of amides is 1. The van der Waals surface area contributed by atoms with Gasteiger partial charge in [0.1, 0.15) is 5.82 Å². The maximum absolute atomic E-state index is 14.1. The molecule has 5 nitrogen and oxygen atoms in total. The molecule has 144 valence electrons. The third kappa shape index (κ3) is 4.43. The third-order valence-electron chi connectivity index (χ3n) is 4.89. The lowest BCUT2D eigenvalue weighted by Crippen LogP contribution is -2.40. The molecule has 3 heterocycles. The molecule has 0 spiro atoms. The molecule has 0 aliphatic carbocycles. The molecule has 28 heavy (non-hydrogen) atoms. The minimum atomic E-state index is -0.267. The van der Waals surface area contributed by atoms with Crippen molar-refractivity contribution in [2.45, 2.75) is 18.8 Å². The predicted molar refractivity (Wildman–Crippen MR) is 109 cm³/mol. The lowest BCUT2D eigenvalue weighted by atomic mass is 9.94. The number of benzene rings is 1. The summed E-state index contributed by atoms with van der Waals surface area (Å²) in [5.74, 6) is -0.0897. The molecule has 2 aromatic heterocycles. The SMILES string of the molecule is O=C(CN1CCC[C@H](c2cccc(-c3ccccc3F)n2)C1)Nc1nccs1. The number of piperidine rings is 1. The Kier molecular flexibility index (Phi) is 5.73. The van der Waals surface area contributed by atoms with E-state index in [2.05, 4.69) is 15.2 Å². The molecule has 4 rings (SSSR count). The van der Waals surface area contributed by atoms with Crippen LogP contribution in [0.5, 0.6) is 0 Å². The first-order valence-corrected chi connectivity index (χ1v) is 10.2. The van der Waals surface area contributed by atoms with Crippen LogP contribution in [0.2, 0.25) is 0 Å². The second-order valence-electron chi connectivity index (χ2n) is 6.89. The molecule has 1 aliphatic rings. The van der Waals surface area contributed by atoms with Crippen LogP contribution in [0.3, 0.4) is 0 Å². The van der Waals surface area contributed by atoms with E-state index in [1.807, 2.05) is 29.6 Å². The number of hydrogen-bond acceptors (Lipinski definition) is 5. The fraction of sp³-hybridized carbons (Fsp3) is 0.286. The van der Waals surface area contributed by atoms with Gasteiger partial charge < -0.3 is 5.32 Å². The van der Waals surface area contributed by atoms with E-state index in [0.717, 1.165) is 31.6 Å². The molecule has 1 atom stereocenters. The van der Waals surface area contributed by atoms with Crippen molar-refractivity contribution in [1.29, 1.82) is 0 Å². The van der Waals surface area contributed by atoms with Crippen LogP contribution in [-0.2, 0) is 4.79 Å². The van der Waals surface area contributed by atoms with Crippen LogP contribution in [0.25, 0.3) is 11.3 Å². The minimum absolute atomic E-state index is 0.0522. The van der Waals surface area contributed by atoms with Crippen molar-refractivity contribution in [3.63, 3.8) is 0 Å². The smallest absolute Gasteiger partial charge is 0.240 e. The van der Waals surface area contributed by atoms with Crippen molar-refractivity contribution in [3.8, 4) is 11.3 Å². The third-order valence-corrected chi connectivity index (χ3v) is 5.58. The fourth-order valence-corrected chi connectivity index (χ4v) is 4.13. The number of aromatic nitrogens is 2. The van der Waals surface area contributed by atoms with E-state index in [1.54, 1.807) is 18.3 Å². The highest BCUT2D eigenvalue weighted by Crippen LogP contribution is 2.28. The minimum Gasteiger partial charge on any atom is -0.301 e. The van der Waals surface area contributed by atoms with Crippen LogP contribution in [0.1, 0.15) is 24.5 Å². The first-order valence-electron chi connectivity index (χ1n) is 9.32. The van der Waals surface area contributed by atoms with E-state index in [9.17, 15) is 9.18 Å². The molecule has 1 saturated heterocycles. The van der Waals surface area contributed by atoms with E-state index in [-0.39, 0.29) is 17.6 Å². The number of thiazole rings is 1. The number of rotatable bonds is 5. The molecule has 1 fully saturated rings. The molecule has 1 aromatic carbocycles. The van der Waals surface area contributed by atoms with Gasteiger partial charge in [-0.25, -0.2) is 9.37 Å². The molecule has 0 unspecified atom stereocenters. The summed E-state index contributed by atoms with van der Waals surface area (Å²) >= 11 is 1.41. The number of nitrogens with one attached hydrogen (secondary N) is 1. The van der Waals surface area contributed by atoms with E-state index >= 15 is 0 Å². The van der Waals surface area contributed by atoms with Crippen molar-refractivity contribution in [3.05, 3.63) is 65.6 Å². The Bertz CT molecular complexity index is 947. The molecule has 0 saturated carbocycles. The fourth-order valence-electron chi connectivity index (χ4n) is 3.59. The number of pyridine rings is 1.